The summed E-state index contributed by atoms with van der Waals surface area (Å²) in [6.07, 6.45) is 2.24. The molecule has 2 N–H and O–H groups in total. The maximum atomic E-state index is 12.8. The lowest BCUT2D eigenvalue weighted by Gasteiger charge is -2.19. The first kappa shape index (κ1) is 15.2. The molecule has 1 heterocycles. The van der Waals surface area contributed by atoms with E-state index in [2.05, 4.69) is 0 Å². The van der Waals surface area contributed by atoms with Crippen molar-refractivity contribution >= 4 is 5.91 Å². The number of carbonyl (C=O) groups excluding carboxylic acids is 1. The van der Waals surface area contributed by atoms with Gasteiger partial charge < -0.3 is 15.4 Å². The average Bonchev–Trinajstić information content (AvgIpc) is 3.18. The van der Waals surface area contributed by atoms with Gasteiger partial charge in [0.05, 0.1) is 0 Å². The standard InChI is InChI=1S/C20H22N2O2/c21-19-10-9-15-12-22(13-18(15)19)20(23)14-5-4-8-17(11-14)24-16-6-2-1-3-7-16/h1-8,11,15,18-19H,9-10,12-13,21H2. The van der Waals surface area contributed by atoms with Crippen LogP contribution in [0.15, 0.2) is 54.6 Å². The molecule has 2 aliphatic rings. The Morgan fingerprint density at radius 2 is 1.79 bits per heavy atom. The van der Waals surface area contributed by atoms with Gasteiger partial charge in [-0.25, -0.2) is 0 Å². The van der Waals surface area contributed by atoms with E-state index in [9.17, 15) is 4.79 Å². The zero-order chi connectivity index (χ0) is 16.5. The van der Waals surface area contributed by atoms with Crippen LogP contribution in [0.1, 0.15) is 23.2 Å². The van der Waals surface area contributed by atoms with Crippen molar-refractivity contribution < 1.29 is 9.53 Å². The maximum Gasteiger partial charge on any atom is 0.254 e. The van der Waals surface area contributed by atoms with Crippen LogP contribution in [0.5, 0.6) is 11.5 Å². The molecule has 1 saturated carbocycles. The minimum absolute atomic E-state index is 0.0788. The highest BCUT2D eigenvalue weighted by Crippen LogP contribution is 2.37. The Labute approximate surface area is 142 Å². The number of nitrogens with two attached hydrogens (primary N) is 1. The second-order valence-electron chi connectivity index (χ2n) is 6.82. The average molecular weight is 322 g/mol. The van der Waals surface area contributed by atoms with E-state index in [0.29, 0.717) is 23.1 Å². The second kappa shape index (κ2) is 6.29. The number of amides is 1. The van der Waals surface area contributed by atoms with Crippen molar-refractivity contribution in [3.8, 4) is 11.5 Å². The molecule has 1 aliphatic heterocycles. The van der Waals surface area contributed by atoms with Gasteiger partial charge in [0.1, 0.15) is 11.5 Å². The third-order valence-electron chi connectivity index (χ3n) is 5.26. The summed E-state index contributed by atoms with van der Waals surface area (Å²) in [5.74, 6) is 2.58. The third-order valence-corrected chi connectivity index (χ3v) is 5.26. The Bertz CT molecular complexity index is 731. The predicted molar refractivity (Wildman–Crippen MR) is 93.1 cm³/mol. The molecule has 124 valence electrons. The summed E-state index contributed by atoms with van der Waals surface area (Å²) < 4.78 is 5.83. The molecule has 0 aromatic heterocycles. The van der Waals surface area contributed by atoms with E-state index < -0.39 is 0 Å². The lowest BCUT2D eigenvalue weighted by Crippen LogP contribution is -2.33. The highest BCUT2D eigenvalue weighted by Gasteiger charge is 2.42. The highest BCUT2D eigenvalue weighted by atomic mass is 16.5. The zero-order valence-electron chi connectivity index (χ0n) is 13.6. The van der Waals surface area contributed by atoms with Crippen LogP contribution < -0.4 is 10.5 Å². The van der Waals surface area contributed by atoms with Gasteiger partial charge in [-0.3, -0.25) is 4.79 Å². The molecule has 2 aromatic carbocycles. The Kier molecular flexibility index (Phi) is 3.98. The summed E-state index contributed by atoms with van der Waals surface area (Å²) in [6.45, 7) is 1.62. The number of rotatable bonds is 3. The quantitative estimate of drug-likeness (QED) is 0.943. The van der Waals surface area contributed by atoms with Crippen molar-refractivity contribution in [3.63, 3.8) is 0 Å². The molecule has 1 aliphatic carbocycles. The van der Waals surface area contributed by atoms with Gasteiger partial charge in [-0.2, -0.15) is 0 Å². The SMILES string of the molecule is NC1CCC2CN(C(=O)c3cccc(Oc4ccccc4)c3)CC12. The van der Waals surface area contributed by atoms with Crippen LogP contribution in [0.2, 0.25) is 0 Å². The van der Waals surface area contributed by atoms with Crippen molar-refractivity contribution in [2.75, 3.05) is 13.1 Å². The molecule has 24 heavy (non-hydrogen) atoms. The van der Waals surface area contributed by atoms with Gasteiger partial charge in [-0.1, -0.05) is 24.3 Å². The Morgan fingerprint density at radius 1 is 1.00 bits per heavy atom. The zero-order valence-corrected chi connectivity index (χ0v) is 13.6. The molecule has 4 rings (SSSR count). The number of ether oxygens (including phenoxy) is 1. The first-order valence-corrected chi connectivity index (χ1v) is 8.58. The van der Waals surface area contributed by atoms with Gasteiger partial charge in [0.15, 0.2) is 0 Å². The van der Waals surface area contributed by atoms with Gasteiger partial charge in [-0.05, 0) is 55.0 Å². The maximum absolute atomic E-state index is 12.8. The number of likely N-dealkylation sites (tertiary alicyclic amines) is 1. The van der Waals surface area contributed by atoms with E-state index in [4.69, 9.17) is 10.5 Å². The third kappa shape index (κ3) is 2.89. The molecule has 4 nitrogen and oxygen atoms in total. The van der Waals surface area contributed by atoms with Crippen LogP contribution in [0, 0.1) is 11.8 Å². The lowest BCUT2D eigenvalue weighted by atomic mass is 9.98. The summed E-state index contributed by atoms with van der Waals surface area (Å²) >= 11 is 0. The second-order valence-corrected chi connectivity index (χ2v) is 6.82. The molecule has 0 bridgehead atoms. The monoisotopic (exact) mass is 322 g/mol. The van der Waals surface area contributed by atoms with Crippen LogP contribution >= 0.6 is 0 Å². The molecule has 2 aromatic rings. The number of benzene rings is 2. The van der Waals surface area contributed by atoms with Crippen molar-refractivity contribution in [2.45, 2.75) is 18.9 Å². The van der Waals surface area contributed by atoms with Crippen LogP contribution in [0.3, 0.4) is 0 Å². The van der Waals surface area contributed by atoms with Crippen LogP contribution in [-0.2, 0) is 0 Å². The number of nitrogens with zero attached hydrogens (tertiary/aromatic N) is 1. The van der Waals surface area contributed by atoms with Crippen LogP contribution in [0.25, 0.3) is 0 Å². The van der Waals surface area contributed by atoms with Crippen molar-refractivity contribution in [1.29, 1.82) is 0 Å². The predicted octanol–water partition coefficient (Wildman–Crippen LogP) is 3.29. The molecule has 0 radical (unpaired) electrons. The van der Waals surface area contributed by atoms with Crippen molar-refractivity contribution in [2.24, 2.45) is 17.6 Å². The molecule has 2 fully saturated rings. The Hall–Kier alpha value is -2.33. The van der Waals surface area contributed by atoms with Crippen LogP contribution in [0.4, 0.5) is 0 Å². The summed E-state index contributed by atoms with van der Waals surface area (Å²) in [5.41, 5.74) is 6.85. The Balaban J connectivity index is 1.48. The van der Waals surface area contributed by atoms with Gasteiger partial charge in [0.2, 0.25) is 0 Å². The summed E-state index contributed by atoms with van der Waals surface area (Å²) in [5, 5.41) is 0. The molecule has 4 heteroatoms. The van der Waals surface area contributed by atoms with Gasteiger partial charge >= 0.3 is 0 Å². The fourth-order valence-corrected chi connectivity index (χ4v) is 3.97. The van der Waals surface area contributed by atoms with E-state index >= 15 is 0 Å². The number of carbonyl (C=O) groups is 1. The molecular weight excluding hydrogens is 300 g/mol. The van der Waals surface area contributed by atoms with E-state index in [1.54, 1.807) is 0 Å². The van der Waals surface area contributed by atoms with Crippen molar-refractivity contribution in [3.05, 3.63) is 60.2 Å². The summed E-state index contributed by atoms with van der Waals surface area (Å²) in [6, 6.07) is 17.3. The Morgan fingerprint density at radius 3 is 2.58 bits per heavy atom. The van der Waals surface area contributed by atoms with Crippen molar-refractivity contribution in [1.82, 2.24) is 4.90 Å². The van der Waals surface area contributed by atoms with E-state index in [1.807, 2.05) is 59.5 Å². The van der Waals surface area contributed by atoms with E-state index in [-0.39, 0.29) is 11.9 Å². The molecule has 1 amide bonds. The first-order valence-electron chi connectivity index (χ1n) is 8.58. The highest BCUT2D eigenvalue weighted by molar-refractivity contribution is 5.94. The first-order chi connectivity index (χ1) is 11.7. The van der Waals surface area contributed by atoms with E-state index in [0.717, 1.165) is 31.7 Å². The van der Waals surface area contributed by atoms with E-state index in [1.165, 1.54) is 0 Å². The number of fused-ring (bicyclic) bond motifs is 1. The fourth-order valence-electron chi connectivity index (χ4n) is 3.97. The topological polar surface area (TPSA) is 55.6 Å². The number of hydrogen-bond donors (Lipinski definition) is 1. The summed E-state index contributed by atoms with van der Waals surface area (Å²) in [4.78, 5) is 14.8. The number of para-hydroxylation sites is 1. The fraction of sp³-hybridized carbons (Fsp3) is 0.350. The minimum Gasteiger partial charge on any atom is -0.457 e. The normalized spacial score (nSPS) is 25.5. The smallest absolute Gasteiger partial charge is 0.254 e. The van der Waals surface area contributed by atoms with Gasteiger partial charge in [0.25, 0.3) is 5.91 Å². The molecule has 3 unspecified atom stereocenters. The summed E-state index contributed by atoms with van der Waals surface area (Å²) in [7, 11) is 0. The van der Waals surface area contributed by atoms with Crippen LogP contribution in [-0.4, -0.2) is 29.9 Å². The van der Waals surface area contributed by atoms with Gasteiger partial charge in [-0.15, -0.1) is 0 Å². The molecule has 0 spiro atoms. The molecular formula is C20H22N2O2. The van der Waals surface area contributed by atoms with Gasteiger partial charge in [0, 0.05) is 24.7 Å². The molecule has 1 saturated heterocycles. The number of hydrogen-bond acceptors (Lipinski definition) is 3. The largest absolute Gasteiger partial charge is 0.457 e. The lowest BCUT2D eigenvalue weighted by molar-refractivity contribution is 0.0779. The molecule has 3 atom stereocenters. The minimum atomic E-state index is 0.0788.